The van der Waals surface area contributed by atoms with E-state index in [0.717, 1.165) is 29.0 Å². The highest BCUT2D eigenvalue weighted by Crippen LogP contribution is 2.23. The van der Waals surface area contributed by atoms with Crippen LogP contribution in [0.3, 0.4) is 0 Å². The second kappa shape index (κ2) is 8.58. The standard InChI is InChI=1S/C23H24N8O3/c1-28-21-20(22(33)29(2)23(28)34)31(14-24-21)13-19(32)25-16-7-5-6-15(12-16)17-8-9-18(27-26-17)30-10-3-4-11-30/h5-9,12,14H,3-4,10-11,13H2,1-2H3,(H,25,32). The molecular formula is C23H24N8O3. The number of rotatable bonds is 5. The molecule has 5 rings (SSSR count). The van der Waals surface area contributed by atoms with E-state index in [0.29, 0.717) is 11.4 Å². The third kappa shape index (κ3) is 3.85. The highest BCUT2D eigenvalue weighted by molar-refractivity contribution is 5.92. The predicted molar refractivity (Wildman–Crippen MR) is 128 cm³/mol. The van der Waals surface area contributed by atoms with E-state index in [1.165, 1.54) is 42.4 Å². The molecule has 34 heavy (non-hydrogen) atoms. The predicted octanol–water partition coefficient (Wildman–Crippen LogP) is 1.13. The van der Waals surface area contributed by atoms with Crippen LogP contribution in [0.4, 0.5) is 11.5 Å². The van der Waals surface area contributed by atoms with Crippen LogP contribution in [0.15, 0.2) is 52.3 Å². The second-order valence-corrected chi connectivity index (χ2v) is 8.35. The number of nitrogens with one attached hydrogen (secondary N) is 1. The summed E-state index contributed by atoms with van der Waals surface area (Å²) in [6, 6.07) is 11.2. The summed E-state index contributed by atoms with van der Waals surface area (Å²) < 4.78 is 3.72. The van der Waals surface area contributed by atoms with Gasteiger partial charge in [-0.25, -0.2) is 9.78 Å². The van der Waals surface area contributed by atoms with Crippen LogP contribution in [0.25, 0.3) is 22.4 Å². The summed E-state index contributed by atoms with van der Waals surface area (Å²) in [5, 5.41) is 11.6. The molecule has 0 unspecified atom stereocenters. The van der Waals surface area contributed by atoms with Gasteiger partial charge in [-0.05, 0) is 37.1 Å². The van der Waals surface area contributed by atoms with Crippen LogP contribution < -0.4 is 21.5 Å². The van der Waals surface area contributed by atoms with Gasteiger partial charge in [-0.2, -0.15) is 0 Å². The first-order valence-corrected chi connectivity index (χ1v) is 11.0. The summed E-state index contributed by atoms with van der Waals surface area (Å²) in [5.41, 5.74) is 1.60. The molecule has 0 aliphatic carbocycles. The van der Waals surface area contributed by atoms with E-state index in [9.17, 15) is 14.4 Å². The Kier molecular flexibility index (Phi) is 5.44. The number of imidazole rings is 1. The zero-order valence-corrected chi connectivity index (χ0v) is 18.9. The number of carbonyl (C=O) groups is 1. The molecule has 0 atom stereocenters. The SMILES string of the molecule is Cn1c(=O)c2c(ncn2CC(=O)Nc2cccc(-c3ccc(N4CCCC4)nn3)c2)n(C)c1=O. The quantitative estimate of drug-likeness (QED) is 0.474. The van der Waals surface area contributed by atoms with Gasteiger partial charge in [-0.1, -0.05) is 12.1 Å². The summed E-state index contributed by atoms with van der Waals surface area (Å²) >= 11 is 0. The number of nitrogens with zero attached hydrogens (tertiary/aromatic N) is 7. The van der Waals surface area contributed by atoms with E-state index in [1.807, 2.05) is 30.3 Å². The molecule has 1 aliphatic rings. The van der Waals surface area contributed by atoms with Gasteiger partial charge in [0.05, 0.1) is 12.0 Å². The first kappa shape index (κ1) is 21.6. The number of aromatic nitrogens is 6. The van der Waals surface area contributed by atoms with Crippen molar-refractivity contribution < 1.29 is 4.79 Å². The largest absolute Gasteiger partial charge is 0.355 e. The molecule has 1 saturated heterocycles. The smallest absolute Gasteiger partial charge is 0.332 e. The zero-order chi connectivity index (χ0) is 23.8. The molecule has 11 nitrogen and oxygen atoms in total. The first-order chi connectivity index (χ1) is 16.4. The van der Waals surface area contributed by atoms with Gasteiger partial charge in [0.2, 0.25) is 5.91 Å². The van der Waals surface area contributed by atoms with Crippen molar-refractivity contribution in [2.45, 2.75) is 19.4 Å². The van der Waals surface area contributed by atoms with E-state index in [4.69, 9.17) is 0 Å². The summed E-state index contributed by atoms with van der Waals surface area (Å²) in [6.45, 7) is 1.88. The van der Waals surface area contributed by atoms with Crippen molar-refractivity contribution in [3.63, 3.8) is 0 Å². The van der Waals surface area contributed by atoms with Crippen molar-refractivity contribution in [1.82, 2.24) is 28.9 Å². The number of amides is 1. The van der Waals surface area contributed by atoms with Gasteiger partial charge in [-0.15, -0.1) is 10.2 Å². The van der Waals surface area contributed by atoms with Crippen LogP contribution >= 0.6 is 0 Å². The molecule has 4 aromatic rings. The Balaban J connectivity index is 1.34. The van der Waals surface area contributed by atoms with Gasteiger partial charge in [0, 0.05) is 38.4 Å². The number of fused-ring (bicyclic) bond motifs is 1. The van der Waals surface area contributed by atoms with E-state index >= 15 is 0 Å². The number of carbonyl (C=O) groups excluding carboxylic acids is 1. The van der Waals surface area contributed by atoms with E-state index in [-0.39, 0.29) is 23.6 Å². The Morgan fingerprint density at radius 1 is 1.03 bits per heavy atom. The Labute approximate surface area is 194 Å². The van der Waals surface area contributed by atoms with Gasteiger partial charge in [0.15, 0.2) is 17.0 Å². The van der Waals surface area contributed by atoms with Crippen LogP contribution in [0, 0.1) is 0 Å². The van der Waals surface area contributed by atoms with Crippen molar-refractivity contribution in [3.05, 3.63) is 63.6 Å². The average Bonchev–Trinajstić information content (AvgIpc) is 3.52. The Hall–Kier alpha value is -4.28. The highest BCUT2D eigenvalue weighted by Gasteiger charge is 2.17. The fourth-order valence-corrected chi connectivity index (χ4v) is 4.22. The van der Waals surface area contributed by atoms with E-state index < -0.39 is 11.2 Å². The van der Waals surface area contributed by atoms with Crippen LogP contribution in [-0.2, 0) is 25.4 Å². The minimum atomic E-state index is -0.499. The lowest BCUT2D eigenvalue weighted by atomic mass is 10.1. The Bertz CT molecular complexity index is 1490. The van der Waals surface area contributed by atoms with Crippen molar-refractivity contribution in [2.24, 2.45) is 14.1 Å². The van der Waals surface area contributed by atoms with Crippen molar-refractivity contribution >= 4 is 28.6 Å². The lowest BCUT2D eigenvalue weighted by Gasteiger charge is -2.15. The van der Waals surface area contributed by atoms with Gasteiger partial charge >= 0.3 is 5.69 Å². The monoisotopic (exact) mass is 460 g/mol. The Morgan fingerprint density at radius 3 is 2.56 bits per heavy atom. The number of aryl methyl sites for hydroxylation is 1. The summed E-state index contributed by atoms with van der Waals surface area (Å²) in [6.07, 6.45) is 3.73. The molecule has 0 radical (unpaired) electrons. The summed E-state index contributed by atoms with van der Waals surface area (Å²) in [7, 11) is 2.93. The van der Waals surface area contributed by atoms with Crippen molar-refractivity contribution in [1.29, 1.82) is 0 Å². The molecule has 0 saturated carbocycles. The number of hydrogen-bond donors (Lipinski definition) is 1. The molecule has 1 N–H and O–H groups in total. The normalized spacial score (nSPS) is 13.5. The third-order valence-electron chi connectivity index (χ3n) is 6.05. The average molecular weight is 460 g/mol. The van der Waals surface area contributed by atoms with Crippen molar-refractivity contribution in [2.75, 3.05) is 23.3 Å². The number of benzene rings is 1. The van der Waals surface area contributed by atoms with Gasteiger partial charge in [-0.3, -0.25) is 18.7 Å². The fraction of sp³-hybridized carbons (Fsp3) is 0.304. The first-order valence-electron chi connectivity index (χ1n) is 11.0. The maximum Gasteiger partial charge on any atom is 0.332 e. The van der Waals surface area contributed by atoms with E-state index in [2.05, 4.69) is 25.4 Å². The molecule has 1 amide bonds. The maximum atomic E-state index is 12.7. The molecule has 11 heteroatoms. The van der Waals surface area contributed by atoms with Crippen LogP contribution in [0.2, 0.25) is 0 Å². The molecule has 174 valence electrons. The minimum absolute atomic E-state index is 0.126. The molecule has 0 bridgehead atoms. The van der Waals surface area contributed by atoms with Crippen LogP contribution in [-0.4, -0.2) is 47.9 Å². The van der Waals surface area contributed by atoms with Crippen molar-refractivity contribution in [3.8, 4) is 11.3 Å². The Morgan fingerprint density at radius 2 is 1.82 bits per heavy atom. The van der Waals surface area contributed by atoms with Gasteiger partial charge < -0.3 is 14.8 Å². The lowest BCUT2D eigenvalue weighted by Crippen LogP contribution is -2.37. The maximum absolute atomic E-state index is 12.7. The lowest BCUT2D eigenvalue weighted by molar-refractivity contribution is -0.116. The molecule has 0 spiro atoms. The zero-order valence-electron chi connectivity index (χ0n) is 18.9. The molecule has 1 aliphatic heterocycles. The molecule has 1 aromatic carbocycles. The summed E-state index contributed by atoms with van der Waals surface area (Å²) in [4.78, 5) is 43.8. The molecular weight excluding hydrogens is 436 g/mol. The number of hydrogen-bond acceptors (Lipinski definition) is 7. The second-order valence-electron chi connectivity index (χ2n) is 8.35. The molecule has 1 fully saturated rings. The topological polar surface area (TPSA) is 120 Å². The molecule has 3 aromatic heterocycles. The minimum Gasteiger partial charge on any atom is -0.355 e. The van der Waals surface area contributed by atoms with Crippen LogP contribution in [0.1, 0.15) is 12.8 Å². The van der Waals surface area contributed by atoms with Gasteiger partial charge in [0.1, 0.15) is 6.54 Å². The third-order valence-corrected chi connectivity index (χ3v) is 6.05. The fourth-order valence-electron chi connectivity index (χ4n) is 4.22. The highest BCUT2D eigenvalue weighted by atomic mass is 16.2. The number of anilines is 2. The van der Waals surface area contributed by atoms with Gasteiger partial charge in [0.25, 0.3) is 5.56 Å². The molecule has 4 heterocycles. The van der Waals surface area contributed by atoms with Crippen LogP contribution in [0.5, 0.6) is 0 Å². The summed E-state index contributed by atoms with van der Waals surface area (Å²) in [5.74, 6) is 0.546. The van der Waals surface area contributed by atoms with E-state index in [1.54, 1.807) is 6.07 Å².